The second-order valence-corrected chi connectivity index (χ2v) is 9.75. The zero-order chi connectivity index (χ0) is 20.3. The van der Waals surface area contributed by atoms with Gasteiger partial charge in [0.05, 0.1) is 0 Å². The first-order valence-corrected chi connectivity index (χ1v) is 11.5. The Balaban J connectivity index is 1.19. The maximum Gasteiger partial charge on any atom is 0.226 e. The van der Waals surface area contributed by atoms with Gasteiger partial charge in [0.1, 0.15) is 0 Å². The van der Waals surface area contributed by atoms with Crippen LogP contribution in [-0.2, 0) is 4.79 Å². The number of likely N-dealkylation sites (tertiary alicyclic amines) is 1. The maximum atomic E-state index is 13.1. The summed E-state index contributed by atoms with van der Waals surface area (Å²) in [4.78, 5) is 20.3. The Morgan fingerprint density at radius 3 is 2.38 bits per heavy atom. The molecule has 29 heavy (non-hydrogen) atoms. The molecule has 0 N–H and O–H groups in total. The van der Waals surface area contributed by atoms with Crippen molar-refractivity contribution in [1.82, 2.24) is 14.7 Å². The molecule has 1 amide bonds. The molecular weight excluding hydrogens is 358 g/mol. The van der Waals surface area contributed by atoms with E-state index in [0.717, 1.165) is 45.1 Å². The Kier molecular flexibility index (Phi) is 6.41. The van der Waals surface area contributed by atoms with Gasteiger partial charge >= 0.3 is 0 Å². The maximum absolute atomic E-state index is 13.1. The minimum absolute atomic E-state index is 0.313. The predicted molar refractivity (Wildman–Crippen MR) is 120 cm³/mol. The highest BCUT2D eigenvalue weighted by atomic mass is 16.2. The number of hydrogen-bond acceptors (Lipinski definition) is 3. The second-order valence-electron chi connectivity index (χ2n) is 9.75. The van der Waals surface area contributed by atoms with Gasteiger partial charge in [-0.1, -0.05) is 56.3 Å². The summed E-state index contributed by atoms with van der Waals surface area (Å²) in [5.41, 5.74) is 1.60. The molecule has 2 saturated heterocycles. The molecule has 2 aliphatic heterocycles. The third-order valence-electron chi connectivity index (χ3n) is 7.12. The Morgan fingerprint density at radius 1 is 1.03 bits per heavy atom. The molecule has 1 spiro atoms. The average Bonchev–Trinajstić information content (AvgIpc) is 3.44. The van der Waals surface area contributed by atoms with E-state index in [-0.39, 0.29) is 0 Å². The highest BCUT2D eigenvalue weighted by Gasteiger charge is 2.59. The van der Waals surface area contributed by atoms with Crippen molar-refractivity contribution in [2.75, 3.05) is 52.4 Å². The van der Waals surface area contributed by atoms with Gasteiger partial charge in [-0.3, -0.25) is 9.69 Å². The van der Waals surface area contributed by atoms with Crippen LogP contribution in [-0.4, -0.2) is 73.0 Å². The number of piperazine rings is 1. The van der Waals surface area contributed by atoms with E-state index in [0.29, 0.717) is 17.2 Å². The summed E-state index contributed by atoms with van der Waals surface area (Å²) in [5.74, 6) is 1.49. The molecule has 2 heterocycles. The van der Waals surface area contributed by atoms with E-state index >= 15 is 0 Å². The summed E-state index contributed by atoms with van der Waals surface area (Å²) in [6, 6.07) is 10.5. The predicted octanol–water partition coefficient (Wildman–Crippen LogP) is 3.60. The number of amides is 1. The molecule has 1 saturated carbocycles. The van der Waals surface area contributed by atoms with E-state index in [2.05, 4.69) is 65.0 Å². The number of nitrogens with zero attached hydrogens (tertiary/aromatic N) is 3. The number of benzene rings is 1. The monoisotopic (exact) mass is 395 g/mol. The van der Waals surface area contributed by atoms with Crippen molar-refractivity contribution in [1.29, 1.82) is 0 Å². The summed E-state index contributed by atoms with van der Waals surface area (Å²) >= 11 is 0. The highest BCUT2D eigenvalue weighted by Crippen LogP contribution is 2.60. The lowest BCUT2D eigenvalue weighted by Gasteiger charge is -2.36. The van der Waals surface area contributed by atoms with Crippen LogP contribution in [0.25, 0.3) is 6.08 Å². The minimum atomic E-state index is 0.313. The molecule has 3 fully saturated rings. The lowest BCUT2D eigenvalue weighted by Crippen LogP contribution is -2.49. The average molecular weight is 396 g/mol. The van der Waals surface area contributed by atoms with Crippen LogP contribution >= 0.6 is 0 Å². The van der Waals surface area contributed by atoms with E-state index in [9.17, 15) is 4.79 Å². The van der Waals surface area contributed by atoms with Crippen LogP contribution in [0, 0.1) is 17.3 Å². The molecule has 1 aromatic rings. The van der Waals surface area contributed by atoms with Crippen molar-refractivity contribution in [2.45, 2.75) is 33.1 Å². The van der Waals surface area contributed by atoms with Gasteiger partial charge in [0.15, 0.2) is 0 Å². The summed E-state index contributed by atoms with van der Waals surface area (Å²) in [6.07, 6.45) is 8.02. The van der Waals surface area contributed by atoms with Crippen molar-refractivity contribution < 1.29 is 4.79 Å². The molecule has 1 aliphatic carbocycles. The Bertz CT molecular complexity index is 698. The molecule has 158 valence electrons. The first-order valence-electron chi connectivity index (χ1n) is 11.5. The zero-order valence-corrected chi connectivity index (χ0v) is 18.2. The smallest absolute Gasteiger partial charge is 0.226 e. The van der Waals surface area contributed by atoms with E-state index in [1.165, 1.54) is 38.0 Å². The number of hydrogen-bond donors (Lipinski definition) is 0. The molecule has 3 aliphatic rings. The molecule has 1 aromatic carbocycles. The van der Waals surface area contributed by atoms with Gasteiger partial charge in [-0.25, -0.2) is 0 Å². The summed E-state index contributed by atoms with van der Waals surface area (Å²) in [7, 11) is 0. The normalized spacial score (nSPS) is 25.2. The van der Waals surface area contributed by atoms with Gasteiger partial charge < -0.3 is 9.80 Å². The van der Waals surface area contributed by atoms with Gasteiger partial charge in [0, 0.05) is 45.2 Å². The largest absolute Gasteiger partial charge is 0.340 e. The molecule has 0 radical (unpaired) electrons. The highest BCUT2D eigenvalue weighted by molar-refractivity contribution is 5.83. The van der Waals surface area contributed by atoms with E-state index in [1.807, 2.05) is 6.07 Å². The summed E-state index contributed by atoms with van der Waals surface area (Å²) < 4.78 is 0. The number of rotatable bonds is 6. The second kappa shape index (κ2) is 9.01. The molecule has 4 rings (SSSR count). The topological polar surface area (TPSA) is 26.8 Å². The fraction of sp³-hybridized carbons (Fsp3) is 0.640. The molecular formula is C25H37N3O. The molecule has 4 nitrogen and oxygen atoms in total. The van der Waals surface area contributed by atoms with Gasteiger partial charge in [-0.2, -0.15) is 0 Å². The Morgan fingerprint density at radius 2 is 1.72 bits per heavy atom. The van der Waals surface area contributed by atoms with E-state index < -0.39 is 0 Å². The Labute approximate surface area is 176 Å². The third kappa shape index (κ3) is 5.10. The van der Waals surface area contributed by atoms with Gasteiger partial charge in [-0.15, -0.1) is 0 Å². The SMILES string of the molecule is CC(C)CN1CCC2(CC1)CC2C(=O)N1CCN(CC=Cc2ccccc2)CC1. The van der Waals surface area contributed by atoms with Crippen LogP contribution in [0.15, 0.2) is 36.4 Å². The number of piperidine rings is 1. The van der Waals surface area contributed by atoms with Crippen molar-refractivity contribution in [3.8, 4) is 0 Å². The quantitative estimate of drug-likeness (QED) is 0.736. The number of carbonyl (C=O) groups excluding carboxylic acids is 1. The lowest BCUT2D eigenvalue weighted by molar-refractivity contribution is -0.135. The molecule has 0 aromatic heterocycles. The first kappa shape index (κ1) is 20.6. The van der Waals surface area contributed by atoms with E-state index in [4.69, 9.17) is 0 Å². The van der Waals surface area contributed by atoms with Gasteiger partial charge in [-0.05, 0) is 49.2 Å². The molecule has 4 heteroatoms. The Hall–Kier alpha value is -1.65. The third-order valence-corrected chi connectivity index (χ3v) is 7.12. The summed E-state index contributed by atoms with van der Waals surface area (Å²) in [6.45, 7) is 12.9. The van der Waals surface area contributed by atoms with Crippen molar-refractivity contribution in [3.63, 3.8) is 0 Å². The van der Waals surface area contributed by atoms with Crippen molar-refractivity contribution in [3.05, 3.63) is 42.0 Å². The fourth-order valence-electron chi connectivity index (χ4n) is 5.22. The zero-order valence-electron chi connectivity index (χ0n) is 18.2. The fourth-order valence-corrected chi connectivity index (χ4v) is 5.22. The van der Waals surface area contributed by atoms with Crippen molar-refractivity contribution in [2.24, 2.45) is 17.3 Å². The minimum Gasteiger partial charge on any atom is -0.340 e. The molecule has 0 bridgehead atoms. The van der Waals surface area contributed by atoms with Crippen molar-refractivity contribution >= 4 is 12.0 Å². The van der Waals surface area contributed by atoms with E-state index in [1.54, 1.807) is 0 Å². The molecule has 1 atom stereocenters. The van der Waals surface area contributed by atoms with Crippen LogP contribution in [0.2, 0.25) is 0 Å². The summed E-state index contributed by atoms with van der Waals surface area (Å²) in [5, 5.41) is 0. The van der Waals surface area contributed by atoms with Gasteiger partial charge in [0.2, 0.25) is 5.91 Å². The van der Waals surface area contributed by atoms with Crippen LogP contribution in [0.1, 0.15) is 38.7 Å². The van der Waals surface area contributed by atoms with Crippen LogP contribution < -0.4 is 0 Å². The first-order chi connectivity index (χ1) is 14.1. The van der Waals surface area contributed by atoms with Crippen LogP contribution in [0.5, 0.6) is 0 Å². The van der Waals surface area contributed by atoms with Crippen LogP contribution in [0.4, 0.5) is 0 Å². The molecule has 1 unspecified atom stereocenters. The van der Waals surface area contributed by atoms with Gasteiger partial charge in [0.25, 0.3) is 0 Å². The van der Waals surface area contributed by atoms with Crippen LogP contribution in [0.3, 0.4) is 0 Å². The lowest BCUT2D eigenvalue weighted by atomic mass is 9.90. The number of carbonyl (C=O) groups is 1. The standard InChI is InChI=1S/C25H37N3O/c1-21(2)20-27-13-10-25(11-14-27)19-23(25)24(29)28-17-15-26(16-18-28)12-6-9-22-7-4-3-5-8-22/h3-9,21,23H,10-20H2,1-2H3.